The predicted molar refractivity (Wildman–Crippen MR) is 147 cm³/mol. The fraction of sp³-hybridized carbons (Fsp3) is 0.308. The van der Waals surface area contributed by atoms with Gasteiger partial charge in [0.25, 0.3) is 0 Å². The Labute approximate surface area is 213 Å². The van der Waals surface area contributed by atoms with Crippen LogP contribution in [-0.2, 0) is 6.54 Å². The number of aliphatic imine (C=N–C) groups is 1. The van der Waals surface area contributed by atoms with E-state index in [9.17, 15) is 0 Å². The van der Waals surface area contributed by atoms with Crippen molar-refractivity contribution in [2.45, 2.75) is 33.7 Å². The Morgan fingerprint density at radius 1 is 1.24 bits per heavy atom. The summed E-state index contributed by atoms with van der Waals surface area (Å²) in [5.74, 6) is 6.58. The van der Waals surface area contributed by atoms with E-state index in [0.29, 0.717) is 27.7 Å². The van der Waals surface area contributed by atoms with E-state index in [1.54, 1.807) is 18.3 Å². The molecule has 0 aliphatic rings. The smallest absolute Gasteiger partial charge is 0.151 e. The predicted octanol–water partition coefficient (Wildman–Crippen LogP) is 5.59. The van der Waals surface area contributed by atoms with Gasteiger partial charge in [-0.1, -0.05) is 62.4 Å². The first kappa shape index (κ1) is 27.6. The van der Waals surface area contributed by atoms with E-state index in [2.05, 4.69) is 65.0 Å². The maximum absolute atomic E-state index is 6.40. The molecule has 1 aromatic heterocycles. The highest BCUT2D eigenvalue weighted by molar-refractivity contribution is 6.32. The number of allylic oxidation sites excluding steroid dienone is 4. The zero-order valence-electron chi connectivity index (χ0n) is 20.1. The van der Waals surface area contributed by atoms with Gasteiger partial charge in [0.05, 0.1) is 16.3 Å². The molecule has 8 heteroatoms. The third-order valence-electron chi connectivity index (χ3n) is 5.25. The molecular weight excluding hydrogens is 467 g/mol. The summed E-state index contributed by atoms with van der Waals surface area (Å²) in [6, 6.07) is 10.4. The lowest BCUT2D eigenvalue weighted by Crippen LogP contribution is -2.32. The average molecular weight is 502 g/mol. The summed E-state index contributed by atoms with van der Waals surface area (Å²) in [6.07, 6.45) is 6.39. The van der Waals surface area contributed by atoms with Gasteiger partial charge in [0.1, 0.15) is 5.82 Å². The van der Waals surface area contributed by atoms with Gasteiger partial charge < -0.3 is 11.2 Å². The third kappa shape index (κ3) is 7.43. The first-order chi connectivity index (χ1) is 16.4. The number of benzene rings is 1. The maximum Gasteiger partial charge on any atom is 0.151 e. The molecule has 0 saturated heterocycles. The van der Waals surface area contributed by atoms with E-state index in [1.807, 2.05) is 13.0 Å². The molecule has 0 amide bonds. The van der Waals surface area contributed by atoms with Crippen molar-refractivity contribution in [1.29, 1.82) is 0 Å². The molecule has 182 valence electrons. The highest BCUT2D eigenvalue weighted by atomic mass is 35.5. The van der Waals surface area contributed by atoms with Gasteiger partial charge in [-0.05, 0) is 55.3 Å². The van der Waals surface area contributed by atoms with Crippen molar-refractivity contribution < 1.29 is 0 Å². The lowest BCUT2D eigenvalue weighted by atomic mass is 10.0. The Balaban J connectivity index is 2.44. The number of nitrogens with zero attached hydrogens (tertiary/aromatic N) is 3. The first-order valence-corrected chi connectivity index (χ1v) is 12.2. The number of hydrogen-bond acceptors (Lipinski definition) is 5. The summed E-state index contributed by atoms with van der Waals surface area (Å²) in [4.78, 5) is 11.4. The van der Waals surface area contributed by atoms with Crippen LogP contribution in [0.3, 0.4) is 0 Å². The number of amidine groups is 1. The Morgan fingerprint density at radius 3 is 2.50 bits per heavy atom. The molecule has 2 rings (SSSR count). The summed E-state index contributed by atoms with van der Waals surface area (Å²) in [5.41, 5.74) is 13.5. The number of hydrogen-bond donors (Lipinski definition) is 3. The average Bonchev–Trinajstić information content (AvgIpc) is 2.85. The first-order valence-electron chi connectivity index (χ1n) is 11.3. The van der Waals surface area contributed by atoms with Crippen LogP contribution in [0, 0.1) is 0 Å². The standard InChI is InChI=1S/C26H34Cl2N6/c1-5-8-23(28)24(18(4)15-27)32-26(33-30)22-14-21(16-31-25(22)29)20-11-9-19(10-12-20)17-34(7-3)13-6-2/h5,8-12,14,16H,4,6-7,13,15,17,30H2,1-3H3,(H2,29,31)(H,32,33)/b8-5-,24-23-. The van der Waals surface area contributed by atoms with E-state index in [0.717, 1.165) is 37.2 Å². The zero-order chi connectivity index (χ0) is 25.1. The second-order valence-electron chi connectivity index (χ2n) is 7.76. The number of halogens is 2. The van der Waals surface area contributed by atoms with E-state index in [4.69, 9.17) is 34.8 Å². The fourth-order valence-corrected chi connectivity index (χ4v) is 3.85. The van der Waals surface area contributed by atoms with Crippen LogP contribution in [0.5, 0.6) is 0 Å². The van der Waals surface area contributed by atoms with Crippen LogP contribution in [0.15, 0.2) is 76.6 Å². The Hall–Kier alpha value is -2.64. The van der Waals surface area contributed by atoms with Crippen LogP contribution in [-0.4, -0.2) is 34.7 Å². The number of alkyl halides is 1. The molecule has 0 unspecified atom stereocenters. The van der Waals surface area contributed by atoms with Crippen molar-refractivity contribution in [3.8, 4) is 11.1 Å². The second-order valence-corrected chi connectivity index (χ2v) is 8.44. The highest BCUT2D eigenvalue weighted by Gasteiger charge is 2.14. The molecule has 2 aromatic rings. The molecular formula is C26H34Cl2N6. The SMILES string of the molecule is C=C(CCl)/C(N=C(NN)c1cc(-c2ccc(CN(CC)CCC)cc2)cnc1N)=C(Cl)\C=C/C. The fourth-order valence-electron chi connectivity index (χ4n) is 3.42. The van der Waals surface area contributed by atoms with E-state index < -0.39 is 0 Å². The molecule has 0 saturated carbocycles. The minimum Gasteiger partial charge on any atom is -0.383 e. The second kappa shape index (κ2) is 13.9. The summed E-state index contributed by atoms with van der Waals surface area (Å²) < 4.78 is 0. The van der Waals surface area contributed by atoms with Crippen molar-refractivity contribution >= 4 is 34.9 Å². The summed E-state index contributed by atoms with van der Waals surface area (Å²) in [5, 5.41) is 0.392. The highest BCUT2D eigenvalue weighted by Crippen LogP contribution is 2.25. The number of nitrogens with two attached hydrogens (primary N) is 2. The van der Waals surface area contributed by atoms with Gasteiger partial charge in [-0.15, -0.1) is 11.6 Å². The number of rotatable bonds is 11. The van der Waals surface area contributed by atoms with Gasteiger partial charge in [-0.3, -0.25) is 4.90 Å². The number of pyridine rings is 1. The minimum absolute atomic E-state index is 0.165. The monoisotopic (exact) mass is 500 g/mol. The number of nitrogens with one attached hydrogen (secondary N) is 1. The van der Waals surface area contributed by atoms with Gasteiger partial charge in [-0.2, -0.15) is 0 Å². The van der Waals surface area contributed by atoms with E-state index in [1.165, 1.54) is 5.56 Å². The lowest BCUT2D eigenvalue weighted by Gasteiger charge is -2.19. The third-order valence-corrected chi connectivity index (χ3v) is 5.88. The molecule has 5 N–H and O–H groups in total. The summed E-state index contributed by atoms with van der Waals surface area (Å²) >= 11 is 12.4. The van der Waals surface area contributed by atoms with Crippen molar-refractivity contribution in [2.24, 2.45) is 10.8 Å². The zero-order valence-corrected chi connectivity index (χ0v) is 21.6. The van der Waals surface area contributed by atoms with E-state index >= 15 is 0 Å². The Morgan fingerprint density at radius 2 is 1.94 bits per heavy atom. The molecule has 1 aromatic carbocycles. The largest absolute Gasteiger partial charge is 0.383 e. The summed E-state index contributed by atoms with van der Waals surface area (Å²) in [7, 11) is 0. The lowest BCUT2D eigenvalue weighted by molar-refractivity contribution is 0.280. The minimum atomic E-state index is 0.165. The number of aromatic nitrogens is 1. The van der Waals surface area contributed by atoms with Crippen LogP contribution in [0.2, 0.25) is 0 Å². The van der Waals surface area contributed by atoms with Gasteiger partial charge in [0.15, 0.2) is 5.84 Å². The molecule has 0 bridgehead atoms. The van der Waals surface area contributed by atoms with Crippen molar-refractivity contribution in [3.63, 3.8) is 0 Å². The van der Waals surface area contributed by atoms with Gasteiger partial charge in [0, 0.05) is 24.2 Å². The van der Waals surface area contributed by atoms with Crippen LogP contribution in [0.25, 0.3) is 11.1 Å². The normalized spacial score (nSPS) is 12.9. The molecule has 34 heavy (non-hydrogen) atoms. The van der Waals surface area contributed by atoms with Crippen LogP contribution >= 0.6 is 23.2 Å². The van der Waals surface area contributed by atoms with Crippen molar-refractivity contribution in [3.05, 3.63) is 82.7 Å². The molecule has 0 spiro atoms. The van der Waals surface area contributed by atoms with Gasteiger partial charge >= 0.3 is 0 Å². The molecule has 1 heterocycles. The molecule has 0 radical (unpaired) electrons. The Kier molecular flexibility index (Phi) is 11.3. The molecule has 0 aliphatic carbocycles. The van der Waals surface area contributed by atoms with Gasteiger partial charge in [-0.25, -0.2) is 15.8 Å². The van der Waals surface area contributed by atoms with E-state index in [-0.39, 0.29) is 11.7 Å². The maximum atomic E-state index is 6.40. The topological polar surface area (TPSA) is 92.6 Å². The van der Waals surface area contributed by atoms with Crippen LogP contribution < -0.4 is 17.0 Å². The molecule has 0 atom stereocenters. The van der Waals surface area contributed by atoms with Crippen molar-refractivity contribution in [2.75, 3.05) is 24.7 Å². The number of anilines is 1. The molecule has 6 nitrogen and oxygen atoms in total. The summed E-state index contributed by atoms with van der Waals surface area (Å²) in [6.45, 7) is 13.2. The quantitative estimate of drug-likeness (QED) is 0.0932. The van der Waals surface area contributed by atoms with Crippen molar-refractivity contribution in [1.82, 2.24) is 15.3 Å². The van der Waals surface area contributed by atoms with Gasteiger partial charge in [0.2, 0.25) is 0 Å². The molecule has 0 fully saturated rings. The number of nitrogen functional groups attached to an aromatic ring is 1. The number of hydrazine groups is 1. The molecule has 0 aliphatic heterocycles. The van der Waals surface area contributed by atoms with Crippen LogP contribution in [0.4, 0.5) is 5.82 Å². The Bertz CT molecular complexity index is 1060. The van der Waals surface area contributed by atoms with Crippen LogP contribution in [0.1, 0.15) is 38.3 Å².